The van der Waals surface area contributed by atoms with Gasteiger partial charge in [-0.25, -0.2) is 0 Å². The zero-order chi connectivity index (χ0) is 9.52. The largest absolute Gasteiger partial charge is 0.303 e. The topological polar surface area (TPSA) is 17.1 Å². The molecule has 0 saturated heterocycles. The summed E-state index contributed by atoms with van der Waals surface area (Å²) in [5, 5.41) is 0. The molecule has 0 saturated carbocycles. The van der Waals surface area contributed by atoms with Crippen molar-refractivity contribution in [2.45, 2.75) is 18.2 Å². The van der Waals surface area contributed by atoms with Gasteiger partial charge >= 0.3 is 0 Å². The predicted octanol–water partition coefficient (Wildman–Crippen LogP) is 3.00. The summed E-state index contributed by atoms with van der Waals surface area (Å²) in [6.45, 7) is 2.10. The lowest BCUT2D eigenvalue weighted by Gasteiger charge is -2.06. The van der Waals surface area contributed by atoms with Gasteiger partial charge in [0.1, 0.15) is 6.29 Å². The Morgan fingerprint density at radius 1 is 1.38 bits per heavy atom. The monoisotopic (exact) mass is 194 g/mol. The van der Waals surface area contributed by atoms with Crippen molar-refractivity contribution >= 4 is 18.0 Å². The highest BCUT2D eigenvalue weighted by Crippen LogP contribution is 2.20. The molecule has 0 unspecified atom stereocenters. The minimum atomic E-state index is 0.475. The van der Waals surface area contributed by atoms with Gasteiger partial charge in [0, 0.05) is 17.1 Å². The number of hydrogen-bond donors (Lipinski definition) is 0. The maximum absolute atomic E-state index is 10.2. The predicted molar refractivity (Wildman–Crippen MR) is 57.0 cm³/mol. The Morgan fingerprint density at radius 3 is 2.69 bits per heavy atom. The fraction of sp³-hybridized carbons (Fsp3) is 0.364. The minimum Gasteiger partial charge on any atom is -0.303 e. The first-order valence-corrected chi connectivity index (χ1v) is 5.43. The van der Waals surface area contributed by atoms with E-state index in [1.165, 1.54) is 4.90 Å². The zero-order valence-corrected chi connectivity index (χ0v) is 8.59. The van der Waals surface area contributed by atoms with Gasteiger partial charge in [-0.1, -0.05) is 25.1 Å². The average Bonchev–Trinajstić information content (AvgIpc) is 2.17. The van der Waals surface area contributed by atoms with Crippen molar-refractivity contribution in [3.05, 3.63) is 30.3 Å². The minimum absolute atomic E-state index is 0.475. The van der Waals surface area contributed by atoms with Crippen LogP contribution in [0.15, 0.2) is 35.2 Å². The molecule has 0 aliphatic carbocycles. The maximum atomic E-state index is 10.2. The second-order valence-corrected chi connectivity index (χ2v) is 4.23. The van der Waals surface area contributed by atoms with Crippen LogP contribution < -0.4 is 0 Å². The lowest BCUT2D eigenvalue weighted by molar-refractivity contribution is -0.108. The molecule has 1 aromatic rings. The van der Waals surface area contributed by atoms with E-state index >= 15 is 0 Å². The summed E-state index contributed by atoms with van der Waals surface area (Å²) in [5.41, 5.74) is 0. The molecule has 0 N–H and O–H groups in total. The number of hydrogen-bond acceptors (Lipinski definition) is 2. The quantitative estimate of drug-likeness (QED) is 0.529. The van der Waals surface area contributed by atoms with Crippen molar-refractivity contribution in [1.82, 2.24) is 0 Å². The standard InChI is InChI=1S/C11H14OS/c1-10(7-8-12)9-13-11-5-3-2-4-6-11/h2-6,8,10H,7,9H2,1H3/t10-/m1/s1. The third-order valence-electron chi connectivity index (χ3n) is 1.78. The molecule has 0 bridgehead atoms. The molecule has 2 heteroatoms. The second-order valence-electron chi connectivity index (χ2n) is 3.13. The van der Waals surface area contributed by atoms with E-state index in [9.17, 15) is 4.79 Å². The smallest absolute Gasteiger partial charge is 0.120 e. The van der Waals surface area contributed by atoms with Gasteiger partial charge in [0.25, 0.3) is 0 Å². The van der Waals surface area contributed by atoms with Crippen molar-refractivity contribution in [1.29, 1.82) is 0 Å². The molecule has 0 radical (unpaired) electrons. The molecular formula is C11H14OS. The van der Waals surface area contributed by atoms with E-state index in [0.29, 0.717) is 12.3 Å². The molecule has 0 fully saturated rings. The van der Waals surface area contributed by atoms with E-state index in [4.69, 9.17) is 0 Å². The fourth-order valence-corrected chi connectivity index (χ4v) is 1.95. The summed E-state index contributed by atoms with van der Waals surface area (Å²) in [6, 6.07) is 10.3. The van der Waals surface area contributed by atoms with Crippen LogP contribution in [0.4, 0.5) is 0 Å². The lowest BCUT2D eigenvalue weighted by Crippen LogP contribution is -1.98. The number of carbonyl (C=O) groups excluding carboxylic acids is 1. The van der Waals surface area contributed by atoms with Crippen LogP contribution in [-0.4, -0.2) is 12.0 Å². The molecule has 1 nitrogen and oxygen atoms in total. The van der Waals surface area contributed by atoms with Gasteiger partial charge in [-0.2, -0.15) is 0 Å². The van der Waals surface area contributed by atoms with E-state index in [1.807, 2.05) is 30.0 Å². The molecule has 1 aromatic carbocycles. The van der Waals surface area contributed by atoms with E-state index in [1.54, 1.807) is 0 Å². The van der Waals surface area contributed by atoms with E-state index < -0.39 is 0 Å². The van der Waals surface area contributed by atoms with Gasteiger partial charge in [0.15, 0.2) is 0 Å². The lowest BCUT2D eigenvalue weighted by atomic mass is 10.2. The molecule has 0 aromatic heterocycles. The normalized spacial score (nSPS) is 12.4. The van der Waals surface area contributed by atoms with E-state index in [0.717, 1.165) is 12.0 Å². The molecular weight excluding hydrogens is 180 g/mol. The molecule has 1 atom stereocenters. The van der Waals surface area contributed by atoms with Crippen molar-refractivity contribution in [2.24, 2.45) is 5.92 Å². The fourth-order valence-electron chi connectivity index (χ4n) is 0.988. The number of rotatable bonds is 5. The Balaban J connectivity index is 2.30. The molecule has 0 spiro atoms. The molecule has 0 aliphatic rings. The van der Waals surface area contributed by atoms with Crippen LogP contribution in [0.2, 0.25) is 0 Å². The Hall–Kier alpha value is -0.760. The summed E-state index contributed by atoms with van der Waals surface area (Å²) in [4.78, 5) is 11.5. The van der Waals surface area contributed by atoms with Gasteiger partial charge in [-0.15, -0.1) is 11.8 Å². The SMILES string of the molecule is C[C@H](CC=O)CSc1ccccc1. The van der Waals surface area contributed by atoms with Gasteiger partial charge in [-0.05, 0) is 18.1 Å². The summed E-state index contributed by atoms with van der Waals surface area (Å²) in [5.74, 6) is 1.49. The zero-order valence-electron chi connectivity index (χ0n) is 7.77. The van der Waals surface area contributed by atoms with Crippen LogP contribution in [0.1, 0.15) is 13.3 Å². The van der Waals surface area contributed by atoms with Crippen LogP contribution in [0.25, 0.3) is 0 Å². The maximum Gasteiger partial charge on any atom is 0.120 e. The number of aldehydes is 1. The number of carbonyl (C=O) groups is 1. The van der Waals surface area contributed by atoms with Crippen molar-refractivity contribution in [3.8, 4) is 0 Å². The third kappa shape index (κ3) is 4.13. The van der Waals surface area contributed by atoms with Gasteiger partial charge in [-0.3, -0.25) is 0 Å². The summed E-state index contributed by atoms with van der Waals surface area (Å²) < 4.78 is 0. The number of benzene rings is 1. The van der Waals surface area contributed by atoms with E-state index in [2.05, 4.69) is 19.1 Å². The van der Waals surface area contributed by atoms with Crippen molar-refractivity contribution in [2.75, 3.05) is 5.75 Å². The van der Waals surface area contributed by atoms with Gasteiger partial charge < -0.3 is 4.79 Å². The summed E-state index contributed by atoms with van der Waals surface area (Å²) in [7, 11) is 0. The first-order valence-electron chi connectivity index (χ1n) is 4.44. The first-order chi connectivity index (χ1) is 6.33. The van der Waals surface area contributed by atoms with Gasteiger partial charge in [0.2, 0.25) is 0 Å². The third-order valence-corrected chi connectivity index (χ3v) is 3.12. The Morgan fingerprint density at radius 2 is 2.08 bits per heavy atom. The summed E-state index contributed by atoms with van der Waals surface area (Å²) >= 11 is 1.81. The summed E-state index contributed by atoms with van der Waals surface area (Å²) in [6.07, 6.45) is 1.66. The van der Waals surface area contributed by atoms with Gasteiger partial charge in [0.05, 0.1) is 0 Å². The van der Waals surface area contributed by atoms with Crippen LogP contribution in [0, 0.1) is 5.92 Å². The van der Waals surface area contributed by atoms with Crippen molar-refractivity contribution in [3.63, 3.8) is 0 Å². The average molecular weight is 194 g/mol. The molecule has 70 valence electrons. The highest BCUT2D eigenvalue weighted by Gasteiger charge is 2.01. The Labute approximate surface area is 83.5 Å². The molecule has 13 heavy (non-hydrogen) atoms. The Bertz CT molecular complexity index is 246. The van der Waals surface area contributed by atoms with Crippen LogP contribution in [0.3, 0.4) is 0 Å². The highest BCUT2D eigenvalue weighted by molar-refractivity contribution is 7.99. The Kier molecular flexibility index (Phi) is 4.61. The van der Waals surface area contributed by atoms with Crippen LogP contribution in [0.5, 0.6) is 0 Å². The van der Waals surface area contributed by atoms with Crippen molar-refractivity contribution < 1.29 is 4.79 Å². The highest BCUT2D eigenvalue weighted by atomic mass is 32.2. The van der Waals surface area contributed by atoms with Crippen LogP contribution in [-0.2, 0) is 4.79 Å². The first kappa shape index (κ1) is 10.3. The molecule has 0 aliphatic heterocycles. The molecule has 1 rings (SSSR count). The van der Waals surface area contributed by atoms with E-state index in [-0.39, 0.29) is 0 Å². The second kappa shape index (κ2) is 5.81. The molecule has 0 heterocycles. The number of thioether (sulfide) groups is 1. The molecule has 0 amide bonds. The van der Waals surface area contributed by atoms with Crippen LogP contribution >= 0.6 is 11.8 Å².